The summed E-state index contributed by atoms with van der Waals surface area (Å²) in [6, 6.07) is 0. The zero-order valence-corrected chi connectivity index (χ0v) is 34.7. The SMILES string of the molecule is O=S(=O)(On1c(O)c2c(c1O)C1C=CC2c2c1c(O)n(OS(=O)(=O)C(F)(F)C(F)(F)C(F)(F)C(F)(F)C(F)(F)C(F)(F)C(F)(F)C(F)(F)F)c2O)C(F)(F)C(F)(F)C(F)(F)C(F)(F)C(F)(F)C(F)(F)C(F)(F)C(F)(F)F. The molecular formula is C28H8F34N2O10S2. The fourth-order valence-electron chi connectivity index (χ4n) is 6.29. The summed E-state index contributed by atoms with van der Waals surface area (Å²) in [6.45, 7) is 0. The molecule has 0 aliphatic heterocycles. The first-order valence-corrected chi connectivity index (χ1v) is 20.0. The molecule has 48 heteroatoms. The van der Waals surface area contributed by atoms with E-state index in [2.05, 4.69) is 8.57 Å². The van der Waals surface area contributed by atoms with Crippen LogP contribution in [0, 0.1) is 0 Å². The number of hydrogen-bond donors (Lipinski definition) is 4. The van der Waals surface area contributed by atoms with Crippen LogP contribution in [0.15, 0.2) is 12.2 Å². The van der Waals surface area contributed by atoms with E-state index >= 15 is 0 Å². The van der Waals surface area contributed by atoms with Gasteiger partial charge in [0.1, 0.15) is 0 Å². The van der Waals surface area contributed by atoms with Crippen LogP contribution in [0.25, 0.3) is 0 Å². The van der Waals surface area contributed by atoms with E-state index in [0.29, 0.717) is 0 Å². The van der Waals surface area contributed by atoms with Gasteiger partial charge < -0.3 is 20.4 Å². The first-order chi connectivity index (χ1) is 32.8. The second-order valence-electron chi connectivity index (χ2n) is 14.9. The number of allylic oxidation sites excluding steroid dienone is 2. The topological polar surface area (TPSA) is 178 Å². The van der Waals surface area contributed by atoms with E-state index < -0.39 is 181 Å². The fraction of sp³-hybridized carbons (Fsp3) is 0.643. The monoisotopic (exact) mass is 1240 g/mol. The summed E-state index contributed by atoms with van der Waals surface area (Å²) < 4.78 is 518. The van der Waals surface area contributed by atoms with Gasteiger partial charge in [0, 0.05) is 34.1 Å². The van der Waals surface area contributed by atoms with Gasteiger partial charge in [-0.05, 0) is 0 Å². The Morgan fingerprint density at radius 3 is 0.632 bits per heavy atom. The summed E-state index contributed by atoms with van der Waals surface area (Å²) in [7, 11) is -17.6. The second kappa shape index (κ2) is 16.1. The van der Waals surface area contributed by atoms with Gasteiger partial charge in [-0.3, -0.25) is 8.57 Å². The van der Waals surface area contributed by atoms with Crippen molar-refractivity contribution in [2.24, 2.45) is 0 Å². The first kappa shape index (κ1) is 63.2. The predicted molar refractivity (Wildman–Crippen MR) is 161 cm³/mol. The molecule has 2 aromatic heterocycles. The summed E-state index contributed by atoms with van der Waals surface area (Å²) in [6.07, 6.45) is -16.0. The molecule has 0 aromatic carbocycles. The largest absolute Gasteiger partial charge is 0.492 e. The van der Waals surface area contributed by atoms with Crippen molar-refractivity contribution in [3.05, 3.63) is 34.4 Å². The van der Waals surface area contributed by atoms with E-state index in [4.69, 9.17) is 0 Å². The average molecular weight is 1240 g/mol. The highest BCUT2D eigenvalue weighted by atomic mass is 32.2. The molecule has 2 bridgehead atoms. The van der Waals surface area contributed by atoms with E-state index in [9.17, 15) is 187 Å². The van der Waals surface area contributed by atoms with Crippen LogP contribution in [0.4, 0.5) is 149 Å². The number of alkyl halides is 34. The smallest absolute Gasteiger partial charge is 0.460 e. The highest BCUT2D eigenvalue weighted by molar-refractivity contribution is 7.88. The number of halogens is 34. The van der Waals surface area contributed by atoms with Crippen molar-refractivity contribution in [2.75, 3.05) is 0 Å². The molecule has 0 spiro atoms. The zero-order valence-electron chi connectivity index (χ0n) is 33.1. The maximum atomic E-state index is 14.8. The van der Waals surface area contributed by atoms with Crippen molar-refractivity contribution in [3.63, 3.8) is 0 Å². The third kappa shape index (κ3) is 7.14. The molecule has 4 N–H and O–H groups in total. The number of aromatic hydroxyl groups is 4. The summed E-state index contributed by atoms with van der Waals surface area (Å²) in [4.78, 5) is 0. The van der Waals surface area contributed by atoms with Gasteiger partial charge in [-0.15, -0.1) is 0 Å². The van der Waals surface area contributed by atoms with Gasteiger partial charge in [0.25, 0.3) is 0 Å². The standard InChI is InChI=1S/C28H8F34N2O10S2/c29-13(30,17(37,38)21(45,46)25(53,54)55)15(33,34)19(41,42)23(49,50)27(59,60)75(69,70)73-63-9(65)5-3-1-2-4(7(5)11(63)67)8-6(3)10(66)64(12(8)68)74-76(71,72)28(61,62)24(51,52)20(43,44)16(35,36)14(31,32)18(39,40)22(47,48)26(56,57)58/h1-4,65-68H. The molecular weight excluding hydrogens is 1230 g/mol. The van der Waals surface area contributed by atoms with Crippen LogP contribution in [0.2, 0.25) is 0 Å². The highest BCUT2D eigenvalue weighted by Gasteiger charge is 2.98. The molecule has 0 atom stereocenters. The van der Waals surface area contributed by atoms with Crippen molar-refractivity contribution < 1.29 is 195 Å². The summed E-state index contributed by atoms with van der Waals surface area (Å²) in [5.74, 6) is -126. The van der Waals surface area contributed by atoms with E-state index in [1.54, 1.807) is 0 Å². The summed E-state index contributed by atoms with van der Waals surface area (Å²) in [5, 5.41) is 24.8. The summed E-state index contributed by atoms with van der Waals surface area (Å²) in [5.41, 5.74) is -6.91. The van der Waals surface area contributed by atoms with Crippen LogP contribution in [-0.4, -0.2) is 141 Å². The quantitative estimate of drug-likeness (QED) is 0.0830. The van der Waals surface area contributed by atoms with Crippen molar-refractivity contribution in [2.45, 2.75) is 106 Å². The first-order valence-electron chi connectivity index (χ1n) is 17.1. The second-order valence-corrected chi connectivity index (χ2v) is 18.0. The number of nitrogens with zero attached hydrogens (tertiary/aromatic N) is 2. The molecule has 440 valence electrons. The Labute approximate surface area is 389 Å². The molecule has 0 radical (unpaired) electrons. The third-order valence-corrected chi connectivity index (χ3v) is 12.9. The molecule has 0 amide bonds. The maximum Gasteiger partial charge on any atom is 0.460 e. The van der Waals surface area contributed by atoms with Gasteiger partial charge in [0.05, 0.1) is 0 Å². The molecule has 76 heavy (non-hydrogen) atoms. The van der Waals surface area contributed by atoms with Crippen molar-refractivity contribution >= 4 is 20.2 Å². The molecule has 5 rings (SSSR count). The molecule has 0 saturated carbocycles. The molecule has 0 fully saturated rings. The van der Waals surface area contributed by atoms with Crippen LogP contribution in [-0.2, 0) is 20.2 Å². The number of aromatic nitrogens is 2. The fourth-order valence-corrected chi connectivity index (χ4v) is 8.03. The number of rotatable bonds is 18. The minimum absolute atomic E-state index is 0.221. The Morgan fingerprint density at radius 2 is 0.461 bits per heavy atom. The lowest BCUT2D eigenvalue weighted by molar-refractivity contribution is -0.458. The lowest BCUT2D eigenvalue weighted by Crippen LogP contribution is -2.75. The Bertz CT molecular complexity index is 2680. The molecule has 0 unspecified atom stereocenters. The van der Waals surface area contributed by atoms with Crippen LogP contribution in [0.3, 0.4) is 0 Å². The lowest BCUT2D eigenvalue weighted by atomic mass is 9.70. The van der Waals surface area contributed by atoms with Crippen LogP contribution in [0.5, 0.6) is 23.5 Å². The highest BCUT2D eigenvalue weighted by Crippen LogP contribution is 2.68. The van der Waals surface area contributed by atoms with Gasteiger partial charge in [-0.25, -0.2) is 0 Å². The minimum atomic E-state index is -9.40. The van der Waals surface area contributed by atoms with E-state index in [-0.39, 0.29) is 12.2 Å². The van der Waals surface area contributed by atoms with Crippen molar-refractivity contribution in [1.82, 2.24) is 9.46 Å². The van der Waals surface area contributed by atoms with E-state index in [1.807, 2.05) is 0 Å². The Balaban J connectivity index is 1.79. The van der Waals surface area contributed by atoms with Gasteiger partial charge in [0.15, 0.2) is 0 Å². The molecule has 3 aliphatic carbocycles. The average Bonchev–Trinajstić information content (AvgIpc) is 3.63. The van der Waals surface area contributed by atoms with Crippen LogP contribution in [0.1, 0.15) is 34.1 Å². The van der Waals surface area contributed by atoms with Gasteiger partial charge in [0.2, 0.25) is 23.5 Å². The molecule has 0 saturated heterocycles. The molecule has 3 aliphatic rings. The van der Waals surface area contributed by atoms with Gasteiger partial charge in [-0.1, -0.05) is 21.6 Å². The molecule has 2 aromatic rings. The summed E-state index contributed by atoms with van der Waals surface area (Å²) >= 11 is 0. The Hall–Kier alpha value is -5.38. The lowest BCUT2D eigenvalue weighted by Gasteiger charge is -2.42. The number of hydrogen-bond acceptors (Lipinski definition) is 10. The normalized spacial score (nSPS) is 18.8. The van der Waals surface area contributed by atoms with Crippen LogP contribution < -0.4 is 8.57 Å². The van der Waals surface area contributed by atoms with E-state index in [1.165, 1.54) is 0 Å². The van der Waals surface area contributed by atoms with Gasteiger partial charge in [-0.2, -0.15) is 166 Å². The zero-order chi connectivity index (χ0) is 60.8. The third-order valence-electron chi connectivity index (χ3n) is 10.4. The van der Waals surface area contributed by atoms with Gasteiger partial charge >= 0.3 is 114 Å². The Morgan fingerprint density at radius 1 is 0.303 bits per heavy atom. The van der Waals surface area contributed by atoms with Crippen molar-refractivity contribution in [1.29, 1.82) is 0 Å². The Kier molecular flexibility index (Phi) is 13.4. The molecule has 12 nitrogen and oxygen atoms in total. The van der Waals surface area contributed by atoms with Crippen LogP contribution >= 0.6 is 0 Å². The predicted octanol–water partition coefficient (Wildman–Crippen LogP) is 9.71. The maximum absolute atomic E-state index is 14.8. The minimum Gasteiger partial charge on any atom is -0.492 e. The van der Waals surface area contributed by atoms with E-state index in [0.717, 1.165) is 0 Å². The van der Waals surface area contributed by atoms with Crippen molar-refractivity contribution in [3.8, 4) is 23.5 Å². The molecule has 2 heterocycles.